The Bertz CT molecular complexity index is 389. The highest BCUT2D eigenvalue weighted by Gasteiger charge is 2.27. The molecule has 0 aromatic heterocycles. The van der Waals surface area contributed by atoms with Crippen molar-refractivity contribution in [3.05, 3.63) is 0 Å². The molecular weight excluding hydrogens is 316 g/mol. The van der Waals surface area contributed by atoms with Crippen molar-refractivity contribution in [2.45, 2.75) is 51.5 Å². The fraction of sp³-hybridized carbons (Fsp3) is 0.947. The third-order valence-electron chi connectivity index (χ3n) is 5.26. The highest BCUT2D eigenvalue weighted by atomic mass is 16.5. The second kappa shape index (κ2) is 11.0. The van der Waals surface area contributed by atoms with Gasteiger partial charge < -0.3 is 20.1 Å². The highest BCUT2D eigenvalue weighted by molar-refractivity contribution is 5.79. The lowest BCUT2D eigenvalue weighted by Gasteiger charge is -2.41. The van der Waals surface area contributed by atoms with Crippen LogP contribution < -0.4 is 10.6 Å². The van der Waals surface area contributed by atoms with Gasteiger partial charge in [0, 0.05) is 44.8 Å². The van der Waals surface area contributed by atoms with Gasteiger partial charge in [-0.1, -0.05) is 6.42 Å². The van der Waals surface area contributed by atoms with Crippen LogP contribution in [0.15, 0.2) is 4.99 Å². The van der Waals surface area contributed by atoms with Gasteiger partial charge in [-0.2, -0.15) is 0 Å². The van der Waals surface area contributed by atoms with Gasteiger partial charge in [-0.25, -0.2) is 0 Å². The Morgan fingerprint density at radius 3 is 2.72 bits per heavy atom. The molecule has 2 saturated heterocycles. The normalized spacial score (nSPS) is 23.0. The summed E-state index contributed by atoms with van der Waals surface area (Å²) in [7, 11) is 1.83. The summed E-state index contributed by atoms with van der Waals surface area (Å²) in [6.45, 7) is 12.2. The van der Waals surface area contributed by atoms with Gasteiger partial charge >= 0.3 is 0 Å². The molecule has 0 spiro atoms. The second-order valence-electron chi connectivity index (χ2n) is 7.87. The lowest BCUT2D eigenvalue weighted by molar-refractivity contribution is 0.0886. The van der Waals surface area contributed by atoms with Crippen molar-refractivity contribution in [3.8, 4) is 0 Å². The summed E-state index contributed by atoms with van der Waals surface area (Å²) in [4.78, 5) is 6.93. The van der Waals surface area contributed by atoms with Crippen molar-refractivity contribution in [2.24, 2.45) is 10.9 Å². The van der Waals surface area contributed by atoms with Gasteiger partial charge in [0.15, 0.2) is 5.96 Å². The summed E-state index contributed by atoms with van der Waals surface area (Å²) in [6, 6.07) is 0. The van der Waals surface area contributed by atoms with E-state index < -0.39 is 0 Å². The maximum Gasteiger partial charge on any atom is 0.191 e. The number of nitrogens with one attached hydrogen (secondary N) is 2. The van der Waals surface area contributed by atoms with Crippen LogP contribution in [0, 0.1) is 5.92 Å². The molecule has 0 radical (unpaired) electrons. The molecule has 146 valence electrons. The van der Waals surface area contributed by atoms with Crippen molar-refractivity contribution < 1.29 is 9.47 Å². The molecule has 0 aromatic rings. The van der Waals surface area contributed by atoms with E-state index in [-0.39, 0.29) is 5.54 Å². The van der Waals surface area contributed by atoms with Gasteiger partial charge in [0.25, 0.3) is 0 Å². The third-order valence-corrected chi connectivity index (χ3v) is 5.26. The fourth-order valence-corrected chi connectivity index (χ4v) is 3.48. The van der Waals surface area contributed by atoms with Crippen LogP contribution in [-0.4, -0.2) is 76.1 Å². The maximum absolute atomic E-state index is 5.74. The van der Waals surface area contributed by atoms with E-state index in [1.165, 1.54) is 32.4 Å². The summed E-state index contributed by atoms with van der Waals surface area (Å²) < 4.78 is 11.1. The smallest absolute Gasteiger partial charge is 0.191 e. The number of piperidine rings is 1. The van der Waals surface area contributed by atoms with Crippen molar-refractivity contribution in [3.63, 3.8) is 0 Å². The van der Waals surface area contributed by atoms with Crippen molar-refractivity contribution in [1.82, 2.24) is 15.5 Å². The monoisotopic (exact) mass is 354 g/mol. The number of likely N-dealkylation sites (tertiary alicyclic amines) is 1. The Labute approximate surface area is 153 Å². The predicted octanol–water partition coefficient (Wildman–Crippen LogP) is 1.86. The van der Waals surface area contributed by atoms with E-state index >= 15 is 0 Å². The molecule has 2 aliphatic heterocycles. The Balaban J connectivity index is 1.55. The number of aliphatic imine (C=N–C) groups is 1. The molecule has 2 aliphatic rings. The molecule has 1 atom stereocenters. The maximum atomic E-state index is 5.74. The molecule has 0 aromatic carbocycles. The van der Waals surface area contributed by atoms with E-state index in [2.05, 4.69) is 34.4 Å². The van der Waals surface area contributed by atoms with Crippen LogP contribution in [-0.2, 0) is 9.47 Å². The summed E-state index contributed by atoms with van der Waals surface area (Å²) in [5.41, 5.74) is 0.157. The van der Waals surface area contributed by atoms with E-state index in [1.54, 1.807) is 0 Å². The molecule has 2 heterocycles. The SMILES string of the molecule is CN=C(NCCCOCC1CCOC1)NCC(C)(C)N1CCCCC1. The minimum Gasteiger partial charge on any atom is -0.381 e. The summed E-state index contributed by atoms with van der Waals surface area (Å²) in [5.74, 6) is 1.48. The van der Waals surface area contributed by atoms with Crippen LogP contribution in [0.3, 0.4) is 0 Å². The first kappa shape index (κ1) is 20.5. The van der Waals surface area contributed by atoms with Gasteiger partial charge in [0.05, 0.1) is 13.2 Å². The van der Waals surface area contributed by atoms with Gasteiger partial charge in [-0.05, 0) is 52.6 Å². The average Bonchev–Trinajstić information content (AvgIpc) is 3.14. The molecule has 2 fully saturated rings. The third kappa shape index (κ3) is 7.50. The number of rotatable bonds is 9. The zero-order chi connectivity index (χ0) is 18.0. The minimum absolute atomic E-state index is 0.157. The first-order chi connectivity index (χ1) is 12.1. The largest absolute Gasteiger partial charge is 0.381 e. The molecule has 1 unspecified atom stereocenters. The zero-order valence-corrected chi connectivity index (χ0v) is 16.5. The molecule has 0 saturated carbocycles. The highest BCUT2D eigenvalue weighted by Crippen LogP contribution is 2.19. The van der Waals surface area contributed by atoms with Crippen LogP contribution >= 0.6 is 0 Å². The standard InChI is InChI=1S/C19H38N4O2/c1-19(2,23-10-5-4-6-11-23)16-22-18(20-3)21-9-7-12-24-14-17-8-13-25-15-17/h17H,4-16H2,1-3H3,(H2,20,21,22). The Hall–Kier alpha value is -0.850. The lowest BCUT2D eigenvalue weighted by atomic mass is 9.98. The average molecular weight is 355 g/mol. The molecule has 2 rings (SSSR count). The predicted molar refractivity (Wildman–Crippen MR) is 103 cm³/mol. The van der Waals surface area contributed by atoms with Gasteiger partial charge in [-0.15, -0.1) is 0 Å². The Morgan fingerprint density at radius 1 is 1.24 bits per heavy atom. The van der Waals surface area contributed by atoms with E-state index in [9.17, 15) is 0 Å². The quantitative estimate of drug-likeness (QED) is 0.376. The Kier molecular flexibility index (Phi) is 8.99. The number of nitrogens with zero attached hydrogens (tertiary/aromatic N) is 2. The van der Waals surface area contributed by atoms with Crippen LogP contribution in [0.2, 0.25) is 0 Å². The van der Waals surface area contributed by atoms with Crippen molar-refractivity contribution in [1.29, 1.82) is 0 Å². The first-order valence-corrected chi connectivity index (χ1v) is 9.97. The molecule has 0 amide bonds. The van der Waals surface area contributed by atoms with Gasteiger partial charge in [-0.3, -0.25) is 9.89 Å². The Morgan fingerprint density at radius 2 is 2.04 bits per heavy atom. The van der Waals surface area contributed by atoms with Gasteiger partial charge in [0.1, 0.15) is 0 Å². The number of hydrogen-bond acceptors (Lipinski definition) is 4. The topological polar surface area (TPSA) is 58.1 Å². The van der Waals surface area contributed by atoms with Crippen molar-refractivity contribution in [2.75, 3.05) is 59.7 Å². The summed E-state index contributed by atoms with van der Waals surface area (Å²) in [5, 5.41) is 6.87. The zero-order valence-electron chi connectivity index (χ0n) is 16.5. The van der Waals surface area contributed by atoms with E-state index in [1.807, 2.05) is 7.05 Å². The summed E-state index contributed by atoms with van der Waals surface area (Å²) >= 11 is 0. The van der Waals surface area contributed by atoms with E-state index in [0.29, 0.717) is 5.92 Å². The molecule has 2 N–H and O–H groups in total. The summed E-state index contributed by atoms with van der Waals surface area (Å²) in [6.07, 6.45) is 6.15. The van der Waals surface area contributed by atoms with Crippen LogP contribution in [0.4, 0.5) is 0 Å². The molecule has 0 aliphatic carbocycles. The minimum atomic E-state index is 0.157. The number of guanidine groups is 1. The lowest BCUT2D eigenvalue weighted by Crippen LogP contribution is -2.54. The van der Waals surface area contributed by atoms with E-state index in [0.717, 1.165) is 58.3 Å². The second-order valence-corrected chi connectivity index (χ2v) is 7.87. The fourth-order valence-electron chi connectivity index (χ4n) is 3.48. The first-order valence-electron chi connectivity index (χ1n) is 9.97. The molecular formula is C19H38N4O2. The van der Waals surface area contributed by atoms with Crippen molar-refractivity contribution >= 4 is 5.96 Å². The van der Waals surface area contributed by atoms with Crippen LogP contribution in [0.1, 0.15) is 46.0 Å². The molecule has 0 bridgehead atoms. The molecule has 6 heteroatoms. The van der Waals surface area contributed by atoms with Crippen LogP contribution in [0.25, 0.3) is 0 Å². The van der Waals surface area contributed by atoms with Gasteiger partial charge in [0.2, 0.25) is 0 Å². The molecule has 25 heavy (non-hydrogen) atoms. The number of ether oxygens (including phenoxy) is 2. The van der Waals surface area contributed by atoms with Crippen LogP contribution in [0.5, 0.6) is 0 Å². The van der Waals surface area contributed by atoms with E-state index in [4.69, 9.17) is 9.47 Å². The number of hydrogen-bond donors (Lipinski definition) is 2. The molecule has 6 nitrogen and oxygen atoms in total.